The molecule has 10 atom stereocenters. The van der Waals surface area contributed by atoms with Gasteiger partial charge >= 0.3 is 5.97 Å². The number of piperidine rings is 1. The number of aliphatic hydroxyl groups is 1. The number of fused-ring (bicyclic) bond motifs is 5. The molecule has 6 aliphatic rings. The van der Waals surface area contributed by atoms with E-state index in [2.05, 4.69) is 32.7 Å². The van der Waals surface area contributed by atoms with E-state index in [-0.39, 0.29) is 23.6 Å². The molecule has 0 bridgehead atoms. The molecule has 2 aliphatic heterocycles. The molecular formula is C35H61N2O3+. The molecule has 0 aromatic carbocycles. The minimum absolute atomic E-state index is 0.0456. The summed E-state index contributed by atoms with van der Waals surface area (Å²) in [5.41, 5.74) is 0.436. The summed E-state index contributed by atoms with van der Waals surface area (Å²) in [7, 11) is 2.51. The van der Waals surface area contributed by atoms with Crippen molar-refractivity contribution in [1.29, 1.82) is 0 Å². The van der Waals surface area contributed by atoms with E-state index in [4.69, 9.17) is 4.74 Å². The lowest BCUT2D eigenvalue weighted by atomic mass is 9.44. The van der Waals surface area contributed by atoms with Crippen molar-refractivity contribution in [2.24, 2.45) is 34.5 Å². The number of likely N-dealkylation sites (tertiary alicyclic amines) is 2. The highest BCUT2D eigenvalue weighted by molar-refractivity contribution is 5.69. The number of hydrogen-bond acceptors (Lipinski definition) is 4. The Morgan fingerprint density at radius 3 is 2.33 bits per heavy atom. The number of ether oxygens (including phenoxy) is 1. The fourth-order valence-corrected chi connectivity index (χ4v) is 11.8. The van der Waals surface area contributed by atoms with Crippen LogP contribution in [-0.4, -0.2) is 78.0 Å². The summed E-state index contributed by atoms with van der Waals surface area (Å²) < 4.78 is 7.75. The Kier molecular flexibility index (Phi) is 8.42. The van der Waals surface area contributed by atoms with Crippen molar-refractivity contribution in [3.63, 3.8) is 0 Å². The molecule has 5 heteroatoms. The standard InChI is InChI=1S/C35H61N2O3/c1-5-13-32(39)40-33-30(37(4)20-11-6-7-12-21-37)23-28-26-15-14-25-22-31(38)29(36-18-9-8-10-19-36)24-35(25,3)27(26)16-17-34(28,33)2/h25-31,33,38H,5-24H2,1-4H3/q+1/t25-,26?,27?,28?,29-,30-,31-,33-,34-,35-/m0/s1. The molecule has 0 amide bonds. The van der Waals surface area contributed by atoms with Crippen molar-refractivity contribution < 1.29 is 19.1 Å². The first-order valence-electron chi connectivity index (χ1n) is 17.7. The highest BCUT2D eigenvalue weighted by atomic mass is 16.5. The van der Waals surface area contributed by atoms with Gasteiger partial charge in [-0.05, 0) is 126 Å². The van der Waals surface area contributed by atoms with Crippen molar-refractivity contribution >= 4 is 5.97 Å². The number of hydrogen-bond donors (Lipinski definition) is 1. The molecule has 40 heavy (non-hydrogen) atoms. The number of esters is 1. The van der Waals surface area contributed by atoms with Gasteiger partial charge in [-0.25, -0.2) is 0 Å². The Labute approximate surface area is 245 Å². The second-order valence-corrected chi connectivity index (χ2v) is 16.2. The van der Waals surface area contributed by atoms with Crippen LogP contribution in [0.3, 0.4) is 0 Å². The minimum atomic E-state index is -0.146. The third kappa shape index (κ3) is 5.00. The van der Waals surface area contributed by atoms with Crippen LogP contribution >= 0.6 is 0 Å². The van der Waals surface area contributed by atoms with Gasteiger partial charge in [0.2, 0.25) is 0 Å². The summed E-state index contributed by atoms with van der Waals surface area (Å²) >= 11 is 0. The van der Waals surface area contributed by atoms with Gasteiger partial charge in [0.05, 0.1) is 26.2 Å². The van der Waals surface area contributed by atoms with Gasteiger partial charge in [-0.15, -0.1) is 0 Å². The molecule has 4 saturated carbocycles. The number of nitrogens with zero attached hydrogens (tertiary/aromatic N) is 2. The molecule has 0 radical (unpaired) electrons. The SMILES string of the molecule is CCCC(=O)O[C@H]1[C@@H]([N+]2(C)CCCCCC2)CC2C3CC[C@H]4C[C@H](O)[C@@H](N5CCCCC5)C[C@]4(C)C3CC[C@@]21C. The molecule has 5 nitrogen and oxygen atoms in total. The molecule has 6 fully saturated rings. The summed E-state index contributed by atoms with van der Waals surface area (Å²) in [4.78, 5) is 15.8. The number of carbonyl (C=O) groups excluding carboxylic acids is 1. The van der Waals surface area contributed by atoms with Gasteiger partial charge in [0.25, 0.3) is 0 Å². The molecular weight excluding hydrogens is 496 g/mol. The molecule has 2 saturated heterocycles. The van der Waals surface area contributed by atoms with E-state index >= 15 is 0 Å². The predicted molar refractivity (Wildman–Crippen MR) is 161 cm³/mol. The Morgan fingerprint density at radius 1 is 0.925 bits per heavy atom. The first kappa shape index (κ1) is 29.4. The van der Waals surface area contributed by atoms with E-state index in [1.54, 1.807) is 0 Å². The highest BCUT2D eigenvalue weighted by Gasteiger charge is 2.67. The quantitative estimate of drug-likeness (QED) is 0.307. The van der Waals surface area contributed by atoms with Crippen LogP contribution in [0.1, 0.15) is 124 Å². The summed E-state index contributed by atoms with van der Waals surface area (Å²) in [6.07, 6.45) is 19.2. The Balaban J connectivity index is 1.28. The smallest absolute Gasteiger partial charge is 0.306 e. The van der Waals surface area contributed by atoms with Crippen LogP contribution in [0.15, 0.2) is 0 Å². The highest BCUT2D eigenvalue weighted by Crippen LogP contribution is 2.67. The van der Waals surface area contributed by atoms with Crippen molar-refractivity contribution in [3.05, 3.63) is 0 Å². The molecule has 2 heterocycles. The lowest BCUT2D eigenvalue weighted by molar-refractivity contribution is -0.935. The van der Waals surface area contributed by atoms with E-state index in [9.17, 15) is 9.90 Å². The minimum Gasteiger partial charge on any atom is -0.455 e. The van der Waals surface area contributed by atoms with Gasteiger partial charge in [0.15, 0.2) is 6.10 Å². The van der Waals surface area contributed by atoms with Crippen LogP contribution in [0.2, 0.25) is 0 Å². The molecule has 228 valence electrons. The number of aliphatic hydroxyl groups excluding tert-OH is 1. The predicted octanol–water partition coefficient (Wildman–Crippen LogP) is 6.57. The van der Waals surface area contributed by atoms with E-state index in [0.717, 1.165) is 29.2 Å². The van der Waals surface area contributed by atoms with Crippen molar-refractivity contribution in [2.75, 3.05) is 33.2 Å². The fraction of sp³-hybridized carbons (Fsp3) is 0.971. The average molecular weight is 558 g/mol. The fourth-order valence-electron chi connectivity index (χ4n) is 11.8. The van der Waals surface area contributed by atoms with Gasteiger partial charge in [0.1, 0.15) is 6.04 Å². The van der Waals surface area contributed by atoms with Crippen molar-refractivity contribution in [1.82, 2.24) is 4.90 Å². The first-order chi connectivity index (χ1) is 19.2. The van der Waals surface area contributed by atoms with Crippen LogP contribution in [0, 0.1) is 34.5 Å². The van der Waals surface area contributed by atoms with Gasteiger partial charge < -0.3 is 14.3 Å². The van der Waals surface area contributed by atoms with E-state index < -0.39 is 0 Å². The van der Waals surface area contributed by atoms with Crippen LogP contribution in [0.4, 0.5) is 0 Å². The van der Waals surface area contributed by atoms with Crippen LogP contribution in [-0.2, 0) is 9.53 Å². The maximum absolute atomic E-state index is 13.1. The normalized spacial score (nSPS) is 47.4. The summed E-state index contributed by atoms with van der Waals surface area (Å²) in [5.74, 6) is 2.87. The molecule has 0 spiro atoms. The van der Waals surface area contributed by atoms with E-state index in [1.807, 2.05) is 0 Å². The Bertz CT molecular complexity index is 895. The molecule has 0 aromatic heterocycles. The lowest BCUT2D eigenvalue weighted by Gasteiger charge is -2.62. The molecule has 1 N–H and O–H groups in total. The number of carbonyl (C=O) groups is 1. The zero-order valence-corrected chi connectivity index (χ0v) is 26.4. The lowest BCUT2D eigenvalue weighted by Crippen LogP contribution is -2.61. The molecule has 4 aliphatic carbocycles. The number of quaternary nitrogens is 1. The molecule has 3 unspecified atom stereocenters. The Morgan fingerprint density at radius 2 is 1.62 bits per heavy atom. The molecule has 0 aromatic rings. The van der Waals surface area contributed by atoms with Crippen LogP contribution in [0.5, 0.6) is 0 Å². The summed E-state index contributed by atoms with van der Waals surface area (Å²) in [6, 6.07) is 0.807. The van der Waals surface area contributed by atoms with Crippen LogP contribution in [0.25, 0.3) is 0 Å². The molecule has 6 rings (SSSR count). The topological polar surface area (TPSA) is 49.8 Å². The number of likely N-dealkylation sites (N-methyl/N-ethyl adjacent to an activating group) is 1. The largest absolute Gasteiger partial charge is 0.455 e. The Hall–Kier alpha value is -0.650. The summed E-state index contributed by atoms with van der Waals surface area (Å²) in [5, 5.41) is 11.4. The summed E-state index contributed by atoms with van der Waals surface area (Å²) in [6.45, 7) is 12.1. The third-order valence-corrected chi connectivity index (χ3v) is 14.1. The van der Waals surface area contributed by atoms with Crippen molar-refractivity contribution in [3.8, 4) is 0 Å². The zero-order valence-electron chi connectivity index (χ0n) is 26.4. The van der Waals surface area contributed by atoms with Gasteiger partial charge in [-0.2, -0.15) is 0 Å². The van der Waals surface area contributed by atoms with E-state index in [0.29, 0.717) is 35.8 Å². The maximum atomic E-state index is 13.1. The van der Waals surface area contributed by atoms with Gasteiger partial charge in [0, 0.05) is 24.3 Å². The first-order valence-corrected chi connectivity index (χ1v) is 17.7. The maximum Gasteiger partial charge on any atom is 0.306 e. The van der Waals surface area contributed by atoms with E-state index in [1.165, 1.54) is 110 Å². The monoisotopic (exact) mass is 557 g/mol. The van der Waals surface area contributed by atoms with Gasteiger partial charge in [-0.3, -0.25) is 9.69 Å². The van der Waals surface area contributed by atoms with Gasteiger partial charge in [-0.1, -0.05) is 27.2 Å². The second-order valence-electron chi connectivity index (χ2n) is 16.2. The average Bonchev–Trinajstić information content (AvgIpc) is 3.07. The second kappa shape index (κ2) is 11.5. The number of rotatable bonds is 5. The van der Waals surface area contributed by atoms with Crippen molar-refractivity contribution in [2.45, 2.75) is 148 Å². The third-order valence-electron chi connectivity index (χ3n) is 14.1. The zero-order chi connectivity index (χ0) is 28.1. The van der Waals surface area contributed by atoms with Crippen LogP contribution < -0.4 is 0 Å².